The van der Waals surface area contributed by atoms with Crippen LogP contribution in [0, 0.1) is 0 Å². The van der Waals surface area contributed by atoms with E-state index in [1.165, 1.54) is 44.1 Å². The smallest absolute Gasteiger partial charge is 0.227 e. The Bertz CT molecular complexity index is 646. The Hall–Kier alpha value is -1.30. The summed E-state index contributed by atoms with van der Waals surface area (Å²) in [5.74, 6) is 2.39. The lowest BCUT2D eigenvalue weighted by molar-refractivity contribution is -0.120. The summed E-state index contributed by atoms with van der Waals surface area (Å²) in [6.07, 6.45) is 7.97. The second-order valence-corrected chi connectivity index (χ2v) is 8.43. The van der Waals surface area contributed by atoms with Gasteiger partial charge in [-0.05, 0) is 32.6 Å². The van der Waals surface area contributed by atoms with Crippen molar-refractivity contribution >= 4 is 23.5 Å². The van der Waals surface area contributed by atoms with E-state index in [2.05, 4.69) is 17.3 Å². The van der Waals surface area contributed by atoms with Crippen molar-refractivity contribution in [1.82, 2.24) is 15.3 Å². The Morgan fingerprint density at radius 1 is 1.25 bits per heavy atom. The lowest BCUT2D eigenvalue weighted by Crippen LogP contribution is -2.28. The fourth-order valence-electron chi connectivity index (χ4n) is 3.99. The lowest BCUT2D eigenvalue weighted by atomic mass is 9.84. The van der Waals surface area contributed by atoms with Crippen LogP contribution < -0.4 is 10.2 Å². The summed E-state index contributed by atoms with van der Waals surface area (Å²) < 4.78 is 0. The van der Waals surface area contributed by atoms with E-state index in [1.54, 1.807) is 0 Å². The molecule has 2 atom stereocenters. The molecule has 1 aromatic rings. The van der Waals surface area contributed by atoms with Crippen molar-refractivity contribution in [3.63, 3.8) is 0 Å². The van der Waals surface area contributed by atoms with Crippen LogP contribution in [0.4, 0.5) is 5.82 Å². The molecule has 2 saturated carbocycles. The van der Waals surface area contributed by atoms with Crippen molar-refractivity contribution in [3.05, 3.63) is 11.4 Å². The van der Waals surface area contributed by atoms with Gasteiger partial charge in [0.1, 0.15) is 16.7 Å². The van der Waals surface area contributed by atoms with Crippen LogP contribution in [0.3, 0.4) is 0 Å². The van der Waals surface area contributed by atoms with Crippen LogP contribution in [0.25, 0.3) is 0 Å². The second-order valence-electron chi connectivity index (χ2n) is 7.20. The van der Waals surface area contributed by atoms with E-state index >= 15 is 0 Å². The maximum absolute atomic E-state index is 12.0. The van der Waals surface area contributed by atoms with E-state index in [-0.39, 0.29) is 12.3 Å². The number of thioether (sulfide) groups is 1. The molecule has 2 heterocycles. The van der Waals surface area contributed by atoms with Gasteiger partial charge in [-0.2, -0.15) is 0 Å². The molecule has 0 bridgehead atoms. The van der Waals surface area contributed by atoms with Gasteiger partial charge in [-0.1, -0.05) is 12.8 Å². The molecule has 0 spiro atoms. The largest absolute Gasteiger partial charge is 0.356 e. The zero-order valence-electron chi connectivity index (χ0n) is 14.5. The fraction of sp³-hybridized carbons (Fsp3) is 0.722. The number of likely N-dealkylation sites (N-methyl/N-ethyl adjacent to an activating group) is 1. The SMILES string of the molecule is CCNC(=O)Cc1nc2c(c(N(C)C3CC3)n1)C1CCCCC1S2. The number of aromatic nitrogens is 2. The van der Waals surface area contributed by atoms with Gasteiger partial charge in [-0.25, -0.2) is 9.97 Å². The number of rotatable bonds is 5. The molecule has 1 aromatic heterocycles. The van der Waals surface area contributed by atoms with Crippen LogP contribution in [0.15, 0.2) is 5.03 Å². The van der Waals surface area contributed by atoms with Gasteiger partial charge >= 0.3 is 0 Å². The summed E-state index contributed by atoms with van der Waals surface area (Å²) in [5, 5.41) is 4.66. The minimum Gasteiger partial charge on any atom is -0.356 e. The van der Waals surface area contributed by atoms with Crippen LogP contribution in [0.1, 0.15) is 62.8 Å². The highest BCUT2D eigenvalue weighted by Crippen LogP contribution is 2.54. The number of amides is 1. The summed E-state index contributed by atoms with van der Waals surface area (Å²) in [7, 11) is 2.16. The van der Waals surface area contributed by atoms with Crippen molar-refractivity contribution in [2.75, 3.05) is 18.5 Å². The highest BCUT2D eigenvalue weighted by Gasteiger charge is 2.41. The standard InChI is InChI=1S/C18H26N4OS/c1-3-19-15(23)10-14-20-17(22(2)11-8-9-11)16-12-6-4-5-7-13(12)24-18(16)21-14/h11-13H,3-10H2,1-2H3,(H,19,23). The van der Waals surface area contributed by atoms with Crippen molar-refractivity contribution in [2.24, 2.45) is 0 Å². The van der Waals surface area contributed by atoms with Gasteiger partial charge in [-0.3, -0.25) is 4.79 Å². The number of fused-ring (bicyclic) bond motifs is 3. The van der Waals surface area contributed by atoms with E-state index < -0.39 is 0 Å². The zero-order valence-corrected chi connectivity index (χ0v) is 15.4. The molecule has 3 aliphatic rings. The van der Waals surface area contributed by atoms with E-state index in [1.807, 2.05) is 18.7 Å². The Balaban J connectivity index is 1.69. The molecule has 1 aliphatic heterocycles. The Labute approximate surface area is 148 Å². The van der Waals surface area contributed by atoms with Gasteiger partial charge in [0, 0.05) is 36.4 Å². The maximum atomic E-state index is 12.0. The summed E-state index contributed by atoms with van der Waals surface area (Å²) in [6.45, 7) is 2.59. The number of carbonyl (C=O) groups is 1. The fourth-order valence-corrected chi connectivity index (χ4v) is 5.53. The minimum absolute atomic E-state index is 0.0119. The summed E-state index contributed by atoms with van der Waals surface area (Å²) >= 11 is 1.93. The van der Waals surface area contributed by atoms with Gasteiger partial charge in [0.15, 0.2) is 0 Å². The summed E-state index contributed by atoms with van der Waals surface area (Å²) in [4.78, 5) is 24.0. The first-order valence-electron chi connectivity index (χ1n) is 9.24. The maximum Gasteiger partial charge on any atom is 0.227 e. The molecule has 2 unspecified atom stereocenters. The third kappa shape index (κ3) is 3.01. The minimum atomic E-state index is 0.0119. The average molecular weight is 347 g/mol. The molecule has 5 nitrogen and oxygen atoms in total. The van der Waals surface area contributed by atoms with Crippen LogP contribution in [0.2, 0.25) is 0 Å². The monoisotopic (exact) mass is 346 g/mol. The first-order valence-corrected chi connectivity index (χ1v) is 10.1. The van der Waals surface area contributed by atoms with E-state index in [0.717, 1.165) is 10.8 Å². The number of hydrogen-bond donors (Lipinski definition) is 1. The molecular formula is C18H26N4OS. The third-order valence-corrected chi connectivity index (χ3v) is 6.80. The zero-order chi connectivity index (χ0) is 16.7. The average Bonchev–Trinajstić information content (AvgIpc) is 3.34. The first kappa shape index (κ1) is 16.2. The van der Waals surface area contributed by atoms with Crippen molar-refractivity contribution in [2.45, 2.75) is 74.1 Å². The highest BCUT2D eigenvalue weighted by molar-refractivity contribution is 8.00. The Kier molecular flexibility index (Phi) is 4.41. The predicted molar refractivity (Wildman–Crippen MR) is 96.7 cm³/mol. The molecule has 130 valence electrons. The van der Waals surface area contributed by atoms with Gasteiger partial charge in [0.05, 0.1) is 6.42 Å². The molecule has 6 heteroatoms. The van der Waals surface area contributed by atoms with Crippen LogP contribution >= 0.6 is 11.8 Å². The van der Waals surface area contributed by atoms with Crippen molar-refractivity contribution < 1.29 is 4.79 Å². The highest BCUT2D eigenvalue weighted by atomic mass is 32.2. The van der Waals surface area contributed by atoms with E-state index in [0.29, 0.717) is 29.6 Å². The second kappa shape index (κ2) is 6.54. The number of carbonyl (C=O) groups excluding carboxylic acids is 1. The summed E-state index contributed by atoms with van der Waals surface area (Å²) in [6, 6.07) is 0.619. The van der Waals surface area contributed by atoms with Gasteiger partial charge in [0.2, 0.25) is 5.91 Å². The molecule has 24 heavy (non-hydrogen) atoms. The van der Waals surface area contributed by atoms with Gasteiger partial charge in [-0.15, -0.1) is 11.8 Å². The van der Waals surface area contributed by atoms with Crippen LogP contribution in [0.5, 0.6) is 0 Å². The topological polar surface area (TPSA) is 58.1 Å². The normalized spacial score (nSPS) is 25.1. The number of anilines is 1. The lowest BCUT2D eigenvalue weighted by Gasteiger charge is -2.27. The Morgan fingerprint density at radius 3 is 2.79 bits per heavy atom. The third-order valence-electron chi connectivity index (χ3n) is 5.39. The van der Waals surface area contributed by atoms with Crippen molar-refractivity contribution in [1.29, 1.82) is 0 Å². The molecule has 4 rings (SSSR count). The molecule has 2 fully saturated rings. The van der Waals surface area contributed by atoms with E-state index in [9.17, 15) is 4.79 Å². The number of hydrogen-bond acceptors (Lipinski definition) is 5. The quantitative estimate of drug-likeness (QED) is 0.831. The molecule has 0 saturated heterocycles. The molecule has 1 amide bonds. The van der Waals surface area contributed by atoms with Crippen LogP contribution in [-0.4, -0.2) is 40.8 Å². The van der Waals surface area contributed by atoms with Gasteiger partial charge < -0.3 is 10.2 Å². The number of nitrogens with zero attached hydrogens (tertiary/aromatic N) is 3. The van der Waals surface area contributed by atoms with Gasteiger partial charge in [0.25, 0.3) is 0 Å². The Morgan fingerprint density at radius 2 is 2.04 bits per heavy atom. The first-order chi connectivity index (χ1) is 11.7. The predicted octanol–water partition coefficient (Wildman–Crippen LogP) is 2.89. The molecule has 0 radical (unpaired) electrons. The molecular weight excluding hydrogens is 320 g/mol. The molecule has 0 aromatic carbocycles. The summed E-state index contributed by atoms with van der Waals surface area (Å²) in [5.41, 5.74) is 1.37. The van der Waals surface area contributed by atoms with Crippen LogP contribution in [-0.2, 0) is 11.2 Å². The van der Waals surface area contributed by atoms with Crippen molar-refractivity contribution in [3.8, 4) is 0 Å². The molecule has 2 aliphatic carbocycles. The number of nitrogens with one attached hydrogen (secondary N) is 1. The molecule has 1 N–H and O–H groups in total. The van der Waals surface area contributed by atoms with E-state index in [4.69, 9.17) is 9.97 Å².